The lowest BCUT2D eigenvalue weighted by Gasteiger charge is -2.19. The molecule has 108 valence electrons. The van der Waals surface area contributed by atoms with E-state index >= 15 is 0 Å². The van der Waals surface area contributed by atoms with Crippen LogP contribution in [0.3, 0.4) is 0 Å². The Labute approximate surface area is 116 Å². The highest BCUT2D eigenvalue weighted by molar-refractivity contribution is 5.48. The average Bonchev–Trinajstić information content (AvgIpc) is 2.43. The zero-order chi connectivity index (χ0) is 14.1. The molecule has 0 aliphatic heterocycles. The van der Waals surface area contributed by atoms with E-state index in [1.54, 1.807) is 0 Å². The van der Waals surface area contributed by atoms with Crippen LogP contribution < -0.4 is 10.2 Å². The van der Waals surface area contributed by atoms with Crippen LogP contribution >= 0.6 is 0 Å². The summed E-state index contributed by atoms with van der Waals surface area (Å²) in [7, 11) is 2.06. The van der Waals surface area contributed by atoms with Gasteiger partial charge in [0.15, 0.2) is 5.82 Å². The van der Waals surface area contributed by atoms with Gasteiger partial charge < -0.3 is 15.0 Å². The Morgan fingerprint density at radius 2 is 2.00 bits per heavy atom. The molecule has 1 aromatic heterocycles. The third-order valence-corrected chi connectivity index (χ3v) is 2.70. The molecule has 1 N–H and O–H groups in total. The van der Waals surface area contributed by atoms with Crippen molar-refractivity contribution >= 4 is 11.6 Å². The SMILES string of the molecule is CCCNc1cc(N(C)CCC)nc(COCC)n1. The molecule has 1 aromatic rings. The van der Waals surface area contributed by atoms with Crippen LogP contribution in [0.5, 0.6) is 0 Å². The normalized spacial score (nSPS) is 10.5. The van der Waals surface area contributed by atoms with E-state index in [-0.39, 0.29) is 0 Å². The molecule has 0 fully saturated rings. The summed E-state index contributed by atoms with van der Waals surface area (Å²) >= 11 is 0. The highest BCUT2D eigenvalue weighted by Gasteiger charge is 2.08. The van der Waals surface area contributed by atoms with Crippen LogP contribution in [-0.4, -0.2) is 36.7 Å². The Kier molecular flexibility index (Phi) is 7.18. The standard InChI is InChI=1S/C14H26N4O/c1-5-8-15-12-10-14(18(4)9-6-2)17-13(16-12)11-19-7-3/h10H,5-9,11H2,1-4H3,(H,15,16,17). The number of nitrogens with one attached hydrogen (secondary N) is 1. The molecular weight excluding hydrogens is 240 g/mol. The smallest absolute Gasteiger partial charge is 0.158 e. The van der Waals surface area contributed by atoms with Gasteiger partial charge >= 0.3 is 0 Å². The minimum Gasteiger partial charge on any atom is -0.374 e. The molecule has 0 aromatic carbocycles. The van der Waals surface area contributed by atoms with Gasteiger partial charge in [0.25, 0.3) is 0 Å². The summed E-state index contributed by atoms with van der Waals surface area (Å²) < 4.78 is 5.40. The van der Waals surface area contributed by atoms with Crippen LogP contribution in [0.2, 0.25) is 0 Å². The van der Waals surface area contributed by atoms with Crippen molar-refractivity contribution in [2.75, 3.05) is 37.0 Å². The van der Waals surface area contributed by atoms with Gasteiger partial charge in [-0.1, -0.05) is 13.8 Å². The molecule has 0 aliphatic rings. The van der Waals surface area contributed by atoms with E-state index in [4.69, 9.17) is 4.74 Å². The van der Waals surface area contributed by atoms with Crippen LogP contribution in [0.1, 0.15) is 39.4 Å². The maximum Gasteiger partial charge on any atom is 0.158 e. The van der Waals surface area contributed by atoms with Gasteiger partial charge in [-0.05, 0) is 19.8 Å². The number of anilines is 2. The van der Waals surface area contributed by atoms with Crippen LogP contribution in [0, 0.1) is 0 Å². The molecule has 0 radical (unpaired) electrons. The lowest BCUT2D eigenvalue weighted by molar-refractivity contribution is 0.128. The Morgan fingerprint density at radius 1 is 1.21 bits per heavy atom. The van der Waals surface area contributed by atoms with Gasteiger partial charge in [0.05, 0.1) is 0 Å². The second kappa shape index (κ2) is 8.69. The zero-order valence-electron chi connectivity index (χ0n) is 12.6. The second-order valence-electron chi connectivity index (χ2n) is 4.51. The van der Waals surface area contributed by atoms with Gasteiger partial charge in [0, 0.05) is 32.8 Å². The van der Waals surface area contributed by atoms with Crippen molar-refractivity contribution in [3.8, 4) is 0 Å². The van der Waals surface area contributed by atoms with Crippen molar-refractivity contribution in [2.45, 2.75) is 40.2 Å². The molecule has 0 atom stereocenters. The first-order valence-corrected chi connectivity index (χ1v) is 7.11. The molecule has 0 bridgehead atoms. The predicted molar refractivity (Wildman–Crippen MR) is 79.7 cm³/mol. The first-order chi connectivity index (χ1) is 9.21. The minimum absolute atomic E-state index is 0.463. The predicted octanol–water partition coefficient (Wildman–Crippen LogP) is 2.68. The molecule has 0 aliphatic carbocycles. The van der Waals surface area contributed by atoms with Crippen LogP contribution in [-0.2, 0) is 11.3 Å². The number of nitrogens with zero attached hydrogens (tertiary/aromatic N) is 3. The van der Waals surface area contributed by atoms with Gasteiger partial charge in [-0.25, -0.2) is 9.97 Å². The van der Waals surface area contributed by atoms with Crippen molar-refractivity contribution in [3.63, 3.8) is 0 Å². The molecular formula is C14H26N4O. The van der Waals surface area contributed by atoms with E-state index < -0.39 is 0 Å². The minimum atomic E-state index is 0.463. The van der Waals surface area contributed by atoms with Gasteiger partial charge in [-0.3, -0.25) is 0 Å². The maximum absolute atomic E-state index is 5.40. The van der Waals surface area contributed by atoms with Crippen molar-refractivity contribution in [2.24, 2.45) is 0 Å². The first kappa shape index (κ1) is 15.7. The van der Waals surface area contributed by atoms with E-state index in [0.717, 1.165) is 43.4 Å². The molecule has 0 amide bonds. The third-order valence-electron chi connectivity index (χ3n) is 2.70. The van der Waals surface area contributed by atoms with E-state index in [9.17, 15) is 0 Å². The number of ether oxygens (including phenoxy) is 1. The summed E-state index contributed by atoms with van der Waals surface area (Å²) in [5.41, 5.74) is 0. The summed E-state index contributed by atoms with van der Waals surface area (Å²) in [5, 5.41) is 3.32. The second-order valence-corrected chi connectivity index (χ2v) is 4.51. The van der Waals surface area contributed by atoms with Crippen LogP contribution in [0.15, 0.2) is 6.07 Å². The third kappa shape index (κ3) is 5.42. The summed E-state index contributed by atoms with van der Waals surface area (Å²) in [6, 6.07) is 2.00. The van der Waals surface area contributed by atoms with E-state index in [1.807, 2.05) is 13.0 Å². The molecule has 0 spiro atoms. The van der Waals surface area contributed by atoms with E-state index in [2.05, 4.69) is 41.1 Å². The van der Waals surface area contributed by atoms with Crippen LogP contribution in [0.25, 0.3) is 0 Å². The highest BCUT2D eigenvalue weighted by Crippen LogP contribution is 2.15. The topological polar surface area (TPSA) is 50.3 Å². The zero-order valence-corrected chi connectivity index (χ0v) is 12.6. The Morgan fingerprint density at radius 3 is 2.63 bits per heavy atom. The Balaban J connectivity index is 2.87. The number of aromatic nitrogens is 2. The Hall–Kier alpha value is -1.36. The molecule has 5 heteroatoms. The largest absolute Gasteiger partial charge is 0.374 e. The number of hydrogen-bond donors (Lipinski definition) is 1. The van der Waals surface area contributed by atoms with Crippen molar-refractivity contribution < 1.29 is 4.74 Å². The molecule has 1 heterocycles. The number of hydrogen-bond acceptors (Lipinski definition) is 5. The molecule has 19 heavy (non-hydrogen) atoms. The van der Waals surface area contributed by atoms with Crippen molar-refractivity contribution in [1.82, 2.24) is 9.97 Å². The lowest BCUT2D eigenvalue weighted by Crippen LogP contribution is -2.20. The summed E-state index contributed by atoms with van der Waals surface area (Å²) in [6.07, 6.45) is 2.17. The van der Waals surface area contributed by atoms with Gasteiger partial charge in [0.1, 0.15) is 18.2 Å². The quantitative estimate of drug-likeness (QED) is 0.744. The van der Waals surface area contributed by atoms with Gasteiger partial charge in [-0.15, -0.1) is 0 Å². The average molecular weight is 266 g/mol. The fraction of sp³-hybridized carbons (Fsp3) is 0.714. The Bertz CT molecular complexity index is 344. The molecule has 0 saturated carbocycles. The molecule has 0 unspecified atom stereocenters. The lowest BCUT2D eigenvalue weighted by atomic mass is 10.4. The van der Waals surface area contributed by atoms with Crippen LogP contribution in [0.4, 0.5) is 11.6 Å². The molecule has 1 rings (SSSR count). The number of rotatable bonds is 9. The van der Waals surface area contributed by atoms with Gasteiger partial charge in [0.2, 0.25) is 0 Å². The summed E-state index contributed by atoms with van der Waals surface area (Å²) in [6.45, 7) is 9.32. The molecule has 5 nitrogen and oxygen atoms in total. The van der Waals surface area contributed by atoms with Crippen molar-refractivity contribution in [3.05, 3.63) is 11.9 Å². The maximum atomic E-state index is 5.40. The first-order valence-electron chi connectivity index (χ1n) is 7.11. The molecule has 0 saturated heterocycles. The van der Waals surface area contributed by atoms with Crippen molar-refractivity contribution in [1.29, 1.82) is 0 Å². The van der Waals surface area contributed by atoms with E-state index in [1.165, 1.54) is 0 Å². The van der Waals surface area contributed by atoms with E-state index in [0.29, 0.717) is 13.2 Å². The van der Waals surface area contributed by atoms with Gasteiger partial charge in [-0.2, -0.15) is 0 Å². The monoisotopic (exact) mass is 266 g/mol. The fourth-order valence-electron chi connectivity index (χ4n) is 1.73. The summed E-state index contributed by atoms with van der Waals surface area (Å²) in [4.78, 5) is 11.2. The highest BCUT2D eigenvalue weighted by atomic mass is 16.5. The summed E-state index contributed by atoms with van der Waals surface area (Å²) in [5.74, 6) is 2.57. The fourth-order valence-corrected chi connectivity index (χ4v) is 1.73.